The van der Waals surface area contributed by atoms with Gasteiger partial charge in [-0.3, -0.25) is 0 Å². The van der Waals surface area contributed by atoms with Crippen molar-refractivity contribution < 1.29 is 14.6 Å². The Morgan fingerprint density at radius 1 is 1.57 bits per heavy atom. The highest BCUT2D eigenvalue weighted by molar-refractivity contribution is 5.68. The summed E-state index contributed by atoms with van der Waals surface area (Å²) >= 11 is 0. The van der Waals surface area contributed by atoms with Crippen LogP contribution in [0.4, 0.5) is 4.79 Å². The molecule has 0 radical (unpaired) electrons. The highest BCUT2D eigenvalue weighted by atomic mass is 16.6. The summed E-state index contributed by atoms with van der Waals surface area (Å²) in [5.74, 6) is 0.197. The van der Waals surface area contributed by atoms with E-state index in [0.29, 0.717) is 0 Å². The number of carbonyl (C=O) groups excluding carboxylic acids is 1. The molecule has 1 unspecified atom stereocenters. The second-order valence-corrected chi connectivity index (χ2v) is 4.89. The molecule has 1 aliphatic carbocycles. The molecule has 0 heterocycles. The van der Waals surface area contributed by atoms with Crippen LogP contribution < -0.4 is 5.32 Å². The molecule has 0 aliphatic heterocycles. The van der Waals surface area contributed by atoms with Crippen LogP contribution in [-0.4, -0.2) is 28.9 Å². The summed E-state index contributed by atoms with van der Waals surface area (Å²) in [6, 6.07) is 0.0878. The fourth-order valence-electron chi connectivity index (χ4n) is 1.37. The standard InChI is InChI=1S/C10H19NO3/c1-6(12)7-5-8(7)11-9(13)14-10(2,3)4/h6-8,12H,5H2,1-4H3,(H,11,13)/t6?,7-,8+/m0/s1. The minimum Gasteiger partial charge on any atom is -0.444 e. The van der Waals surface area contributed by atoms with Gasteiger partial charge in [0.25, 0.3) is 0 Å². The lowest BCUT2D eigenvalue weighted by Crippen LogP contribution is -2.35. The largest absolute Gasteiger partial charge is 0.444 e. The number of aliphatic hydroxyl groups is 1. The summed E-state index contributed by atoms with van der Waals surface area (Å²) in [4.78, 5) is 11.3. The summed E-state index contributed by atoms with van der Waals surface area (Å²) in [5.41, 5.74) is -0.459. The number of carbonyl (C=O) groups is 1. The van der Waals surface area contributed by atoms with E-state index in [1.54, 1.807) is 6.92 Å². The van der Waals surface area contributed by atoms with E-state index in [1.807, 2.05) is 20.8 Å². The molecule has 3 atom stereocenters. The highest BCUT2D eigenvalue weighted by Crippen LogP contribution is 2.33. The molecule has 0 bridgehead atoms. The molecule has 2 N–H and O–H groups in total. The Morgan fingerprint density at radius 2 is 2.14 bits per heavy atom. The van der Waals surface area contributed by atoms with Gasteiger partial charge in [-0.05, 0) is 34.1 Å². The third-order valence-corrected chi connectivity index (χ3v) is 2.16. The van der Waals surface area contributed by atoms with Crippen molar-refractivity contribution in [1.29, 1.82) is 0 Å². The van der Waals surface area contributed by atoms with Gasteiger partial charge in [0.2, 0.25) is 0 Å². The predicted octanol–water partition coefficient (Wildman–Crippen LogP) is 1.28. The molecule has 1 rings (SSSR count). The van der Waals surface area contributed by atoms with Crippen molar-refractivity contribution in [2.75, 3.05) is 0 Å². The third-order valence-electron chi connectivity index (χ3n) is 2.16. The lowest BCUT2D eigenvalue weighted by Gasteiger charge is -2.19. The molecule has 0 aromatic heterocycles. The topological polar surface area (TPSA) is 58.6 Å². The van der Waals surface area contributed by atoms with E-state index in [2.05, 4.69) is 5.32 Å². The first-order valence-corrected chi connectivity index (χ1v) is 4.97. The van der Waals surface area contributed by atoms with Crippen LogP contribution in [0.25, 0.3) is 0 Å². The summed E-state index contributed by atoms with van der Waals surface area (Å²) < 4.78 is 5.08. The number of ether oxygens (including phenoxy) is 1. The molecule has 1 fully saturated rings. The predicted molar refractivity (Wildman–Crippen MR) is 52.9 cm³/mol. The van der Waals surface area contributed by atoms with E-state index in [1.165, 1.54) is 0 Å². The van der Waals surface area contributed by atoms with Crippen molar-refractivity contribution >= 4 is 6.09 Å². The fraction of sp³-hybridized carbons (Fsp3) is 0.900. The lowest BCUT2D eigenvalue weighted by atomic mass is 10.2. The van der Waals surface area contributed by atoms with Crippen LogP contribution in [0.5, 0.6) is 0 Å². The van der Waals surface area contributed by atoms with Gasteiger partial charge >= 0.3 is 6.09 Å². The summed E-state index contributed by atoms with van der Waals surface area (Å²) in [7, 11) is 0. The number of rotatable bonds is 2. The Labute approximate surface area is 84.6 Å². The summed E-state index contributed by atoms with van der Waals surface area (Å²) in [6.07, 6.45) is 0.0947. The van der Waals surface area contributed by atoms with E-state index in [9.17, 15) is 9.90 Å². The zero-order valence-corrected chi connectivity index (χ0v) is 9.20. The van der Waals surface area contributed by atoms with Crippen molar-refractivity contribution in [3.63, 3.8) is 0 Å². The third kappa shape index (κ3) is 3.54. The molecule has 1 amide bonds. The van der Waals surface area contributed by atoms with Gasteiger partial charge in [0.15, 0.2) is 0 Å². The van der Waals surface area contributed by atoms with Gasteiger partial charge in [-0.2, -0.15) is 0 Å². The Hall–Kier alpha value is -0.770. The number of amides is 1. The number of aliphatic hydroxyl groups excluding tert-OH is 1. The minimum atomic E-state index is -0.459. The van der Waals surface area contributed by atoms with Crippen molar-refractivity contribution in [2.24, 2.45) is 5.92 Å². The van der Waals surface area contributed by atoms with Crippen LogP contribution in [0.3, 0.4) is 0 Å². The van der Waals surface area contributed by atoms with Gasteiger partial charge in [-0.1, -0.05) is 0 Å². The Balaban J connectivity index is 2.24. The Morgan fingerprint density at radius 3 is 2.50 bits per heavy atom. The van der Waals surface area contributed by atoms with E-state index in [-0.39, 0.29) is 18.1 Å². The van der Waals surface area contributed by atoms with Gasteiger partial charge in [-0.15, -0.1) is 0 Å². The zero-order valence-electron chi connectivity index (χ0n) is 9.20. The maximum atomic E-state index is 11.3. The van der Waals surface area contributed by atoms with Crippen LogP contribution in [-0.2, 0) is 4.74 Å². The normalized spacial score (nSPS) is 28.1. The number of nitrogens with one attached hydrogen (secondary N) is 1. The smallest absolute Gasteiger partial charge is 0.407 e. The maximum absolute atomic E-state index is 11.3. The van der Waals surface area contributed by atoms with Crippen LogP contribution in [0.2, 0.25) is 0 Å². The van der Waals surface area contributed by atoms with Crippen LogP contribution >= 0.6 is 0 Å². The molecule has 0 aromatic rings. The minimum absolute atomic E-state index is 0.0878. The molecule has 1 aliphatic rings. The Bertz CT molecular complexity index is 220. The van der Waals surface area contributed by atoms with Crippen molar-refractivity contribution in [2.45, 2.75) is 51.9 Å². The molecular formula is C10H19NO3. The number of hydrogen-bond acceptors (Lipinski definition) is 3. The quantitative estimate of drug-likeness (QED) is 0.707. The van der Waals surface area contributed by atoms with E-state index in [4.69, 9.17) is 4.74 Å². The first-order valence-electron chi connectivity index (χ1n) is 4.97. The van der Waals surface area contributed by atoms with Gasteiger partial charge < -0.3 is 15.2 Å². The second-order valence-electron chi connectivity index (χ2n) is 4.89. The maximum Gasteiger partial charge on any atom is 0.407 e. The van der Waals surface area contributed by atoms with Crippen LogP contribution in [0.1, 0.15) is 34.1 Å². The van der Waals surface area contributed by atoms with Gasteiger partial charge in [0.05, 0.1) is 6.10 Å². The molecule has 1 saturated carbocycles. The molecular weight excluding hydrogens is 182 g/mol. The average molecular weight is 201 g/mol. The molecule has 14 heavy (non-hydrogen) atoms. The monoisotopic (exact) mass is 201 g/mol. The number of hydrogen-bond donors (Lipinski definition) is 2. The van der Waals surface area contributed by atoms with Crippen LogP contribution in [0.15, 0.2) is 0 Å². The molecule has 0 aromatic carbocycles. The first kappa shape index (κ1) is 11.3. The summed E-state index contributed by atoms with van der Waals surface area (Å²) in [6.45, 7) is 7.21. The molecule has 0 saturated heterocycles. The summed E-state index contributed by atoms with van der Waals surface area (Å²) in [5, 5.41) is 11.9. The van der Waals surface area contributed by atoms with E-state index < -0.39 is 11.7 Å². The molecule has 82 valence electrons. The van der Waals surface area contributed by atoms with Crippen molar-refractivity contribution in [1.82, 2.24) is 5.32 Å². The van der Waals surface area contributed by atoms with Gasteiger partial charge in [0, 0.05) is 12.0 Å². The van der Waals surface area contributed by atoms with Crippen molar-refractivity contribution in [3.05, 3.63) is 0 Å². The lowest BCUT2D eigenvalue weighted by molar-refractivity contribution is 0.0515. The molecule has 4 nitrogen and oxygen atoms in total. The number of alkyl carbamates (subject to hydrolysis) is 1. The van der Waals surface area contributed by atoms with Gasteiger partial charge in [-0.25, -0.2) is 4.79 Å². The SMILES string of the molecule is CC(O)[C@@H]1C[C@H]1NC(=O)OC(C)(C)C. The van der Waals surface area contributed by atoms with E-state index in [0.717, 1.165) is 6.42 Å². The molecule has 4 heteroatoms. The van der Waals surface area contributed by atoms with Crippen molar-refractivity contribution in [3.8, 4) is 0 Å². The molecule has 0 spiro atoms. The van der Waals surface area contributed by atoms with E-state index >= 15 is 0 Å². The second kappa shape index (κ2) is 3.77. The highest BCUT2D eigenvalue weighted by Gasteiger charge is 2.42. The average Bonchev–Trinajstić information content (AvgIpc) is 2.61. The fourth-order valence-corrected chi connectivity index (χ4v) is 1.37. The van der Waals surface area contributed by atoms with Gasteiger partial charge in [0.1, 0.15) is 5.60 Å². The Kier molecular flexibility index (Phi) is 3.04. The van der Waals surface area contributed by atoms with Crippen LogP contribution in [0, 0.1) is 5.92 Å². The first-order chi connectivity index (χ1) is 6.29. The zero-order chi connectivity index (χ0) is 10.9.